The van der Waals surface area contributed by atoms with Crippen molar-refractivity contribution in [2.24, 2.45) is 0 Å². The number of rotatable bonds is 2. The Balaban J connectivity index is 0.00000144. The first-order chi connectivity index (χ1) is 5.52. The molecular weight excluding hydrogens is 294 g/mol. The van der Waals surface area contributed by atoms with E-state index >= 15 is 0 Å². The molecule has 0 saturated carbocycles. The van der Waals surface area contributed by atoms with Crippen LogP contribution in [0.15, 0.2) is 0 Å². The Kier molecular flexibility index (Phi) is 5.50. The first kappa shape index (κ1) is 13.4. The molecule has 0 spiro atoms. The van der Waals surface area contributed by atoms with Gasteiger partial charge in [0.05, 0.1) is 9.26 Å². The van der Waals surface area contributed by atoms with Crippen LogP contribution in [0.25, 0.3) is 0 Å². The molecule has 6 heteroatoms. The normalized spacial score (nSPS) is 9.46. The number of carboxylic acids is 1. The van der Waals surface area contributed by atoms with E-state index in [9.17, 15) is 4.79 Å². The van der Waals surface area contributed by atoms with Crippen molar-refractivity contribution in [3.05, 3.63) is 15.0 Å². The van der Waals surface area contributed by atoms with Crippen LogP contribution < -0.4 is 0 Å². The Hall–Kier alpha value is 0.410. The van der Waals surface area contributed by atoms with E-state index in [2.05, 4.69) is 27.7 Å². The Morgan fingerprint density at radius 3 is 2.46 bits per heavy atom. The first-order valence-electron chi connectivity index (χ1n) is 3.43. The SMILES string of the molecule is Cc1nn(CC(=O)O)c(C)c1I.[Na]. The number of hydrogen-bond acceptors (Lipinski definition) is 2. The summed E-state index contributed by atoms with van der Waals surface area (Å²) in [5, 5.41) is 12.6. The average molecular weight is 303 g/mol. The molecule has 0 bridgehead atoms. The Morgan fingerprint density at radius 1 is 1.62 bits per heavy atom. The summed E-state index contributed by atoms with van der Waals surface area (Å²) in [6, 6.07) is 0. The van der Waals surface area contributed by atoms with E-state index in [0.29, 0.717) is 0 Å². The fourth-order valence-corrected chi connectivity index (χ4v) is 1.34. The second-order valence-corrected chi connectivity index (χ2v) is 3.61. The fraction of sp³-hybridized carbons (Fsp3) is 0.429. The summed E-state index contributed by atoms with van der Waals surface area (Å²) in [5.41, 5.74) is 1.80. The summed E-state index contributed by atoms with van der Waals surface area (Å²) < 4.78 is 2.54. The molecule has 0 aliphatic carbocycles. The maximum Gasteiger partial charge on any atom is 0.325 e. The third kappa shape index (κ3) is 3.23. The van der Waals surface area contributed by atoms with Crippen LogP contribution in [0.4, 0.5) is 0 Å². The van der Waals surface area contributed by atoms with E-state index in [1.54, 1.807) is 0 Å². The van der Waals surface area contributed by atoms with Gasteiger partial charge in [0.2, 0.25) is 0 Å². The summed E-state index contributed by atoms with van der Waals surface area (Å²) in [4.78, 5) is 10.4. The van der Waals surface area contributed by atoms with Crippen molar-refractivity contribution in [2.75, 3.05) is 0 Å². The second-order valence-electron chi connectivity index (χ2n) is 2.54. The predicted molar refractivity (Wildman–Crippen MR) is 57.8 cm³/mol. The van der Waals surface area contributed by atoms with E-state index < -0.39 is 5.97 Å². The molecule has 1 aromatic heterocycles. The molecule has 1 rings (SSSR count). The van der Waals surface area contributed by atoms with Crippen molar-refractivity contribution in [3.8, 4) is 0 Å². The van der Waals surface area contributed by atoms with Gasteiger partial charge in [-0.3, -0.25) is 9.48 Å². The molecule has 4 nitrogen and oxygen atoms in total. The van der Waals surface area contributed by atoms with Crippen LogP contribution in [0.1, 0.15) is 11.4 Å². The molecular formula is C7H9IN2NaO2. The topological polar surface area (TPSA) is 55.1 Å². The molecule has 1 N–H and O–H groups in total. The zero-order valence-corrected chi connectivity index (χ0v) is 12.0. The van der Waals surface area contributed by atoms with Crippen molar-refractivity contribution < 1.29 is 9.90 Å². The van der Waals surface area contributed by atoms with Gasteiger partial charge in [-0.2, -0.15) is 5.10 Å². The zero-order valence-electron chi connectivity index (χ0n) is 7.83. The zero-order chi connectivity index (χ0) is 9.30. The number of halogens is 1. The second kappa shape index (κ2) is 5.33. The number of carboxylic acid groups (broad SMARTS) is 1. The van der Waals surface area contributed by atoms with Crippen LogP contribution in [0, 0.1) is 17.4 Å². The molecule has 0 aliphatic heterocycles. The van der Waals surface area contributed by atoms with Gasteiger partial charge >= 0.3 is 5.97 Å². The van der Waals surface area contributed by atoms with Crippen LogP contribution in [0.2, 0.25) is 0 Å². The molecule has 0 aliphatic rings. The van der Waals surface area contributed by atoms with Crippen molar-refractivity contribution in [1.29, 1.82) is 0 Å². The average Bonchev–Trinajstić information content (AvgIpc) is 2.17. The molecule has 0 unspecified atom stereocenters. The van der Waals surface area contributed by atoms with Gasteiger partial charge in [0.1, 0.15) is 6.54 Å². The van der Waals surface area contributed by atoms with E-state index in [1.807, 2.05) is 13.8 Å². The third-order valence-corrected chi connectivity index (χ3v) is 3.14. The fourth-order valence-electron chi connectivity index (χ4n) is 0.957. The largest absolute Gasteiger partial charge is 0.480 e. The standard InChI is InChI=1S/C7H9IN2O2.Na/c1-4-7(8)5(2)10(9-4)3-6(11)12;/h3H2,1-2H3,(H,11,12);. The molecule has 1 aromatic rings. The summed E-state index contributed by atoms with van der Waals surface area (Å²) in [6.45, 7) is 3.67. The van der Waals surface area contributed by atoms with Crippen LogP contribution in [-0.2, 0) is 11.3 Å². The molecule has 0 amide bonds. The molecule has 0 fully saturated rings. The maximum atomic E-state index is 10.4. The summed E-state index contributed by atoms with van der Waals surface area (Å²) in [5.74, 6) is -0.864. The minimum atomic E-state index is -0.864. The van der Waals surface area contributed by atoms with Crippen LogP contribution in [0.5, 0.6) is 0 Å². The Bertz CT molecular complexity index is 325. The van der Waals surface area contributed by atoms with Crippen molar-refractivity contribution in [1.82, 2.24) is 9.78 Å². The van der Waals surface area contributed by atoms with Crippen molar-refractivity contribution in [2.45, 2.75) is 20.4 Å². The van der Waals surface area contributed by atoms with Crippen molar-refractivity contribution >= 4 is 58.1 Å². The first-order valence-corrected chi connectivity index (χ1v) is 4.51. The van der Waals surface area contributed by atoms with Gasteiger partial charge in [-0.15, -0.1) is 0 Å². The molecule has 0 atom stereocenters. The summed E-state index contributed by atoms with van der Waals surface area (Å²) in [7, 11) is 0. The quantitative estimate of drug-likeness (QED) is 0.650. The number of aryl methyl sites for hydroxylation is 1. The van der Waals surface area contributed by atoms with E-state index in [0.717, 1.165) is 15.0 Å². The van der Waals surface area contributed by atoms with Gasteiger partial charge in [-0.05, 0) is 36.4 Å². The number of nitrogens with zero attached hydrogens (tertiary/aromatic N) is 2. The molecule has 67 valence electrons. The molecule has 1 radical (unpaired) electrons. The van der Waals surface area contributed by atoms with Gasteiger partial charge < -0.3 is 5.11 Å². The number of hydrogen-bond donors (Lipinski definition) is 1. The van der Waals surface area contributed by atoms with Gasteiger partial charge in [0.25, 0.3) is 0 Å². The minimum Gasteiger partial charge on any atom is -0.480 e. The van der Waals surface area contributed by atoms with E-state index in [-0.39, 0.29) is 36.1 Å². The van der Waals surface area contributed by atoms with Crippen LogP contribution in [-0.4, -0.2) is 50.4 Å². The summed E-state index contributed by atoms with van der Waals surface area (Å²) >= 11 is 2.16. The summed E-state index contributed by atoms with van der Waals surface area (Å²) in [6.07, 6.45) is 0. The van der Waals surface area contributed by atoms with Crippen molar-refractivity contribution in [3.63, 3.8) is 0 Å². The van der Waals surface area contributed by atoms with Gasteiger partial charge in [0.15, 0.2) is 0 Å². The minimum absolute atomic E-state index is 0. The number of carbonyl (C=O) groups is 1. The van der Waals surface area contributed by atoms with E-state index in [4.69, 9.17) is 5.11 Å². The van der Waals surface area contributed by atoms with E-state index in [1.165, 1.54) is 4.68 Å². The van der Waals surface area contributed by atoms with Gasteiger partial charge in [0, 0.05) is 35.3 Å². The van der Waals surface area contributed by atoms with Gasteiger partial charge in [-0.1, -0.05) is 0 Å². The molecule has 0 saturated heterocycles. The van der Waals surface area contributed by atoms with Crippen LogP contribution in [0.3, 0.4) is 0 Å². The predicted octanol–water partition coefficient (Wildman–Crippen LogP) is 0.808. The maximum absolute atomic E-state index is 10.4. The molecule has 1 heterocycles. The molecule has 0 aromatic carbocycles. The Morgan fingerprint density at radius 2 is 2.15 bits per heavy atom. The molecule has 13 heavy (non-hydrogen) atoms. The number of aromatic nitrogens is 2. The number of aliphatic carboxylic acids is 1. The third-order valence-electron chi connectivity index (χ3n) is 1.58. The Labute approximate surface area is 112 Å². The monoisotopic (exact) mass is 303 g/mol. The smallest absolute Gasteiger partial charge is 0.325 e. The van der Waals surface area contributed by atoms with Gasteiger partial charge in [-0.25, -0.2) is 0 Å². The van der Waals surface area contributed by atoms with Crippen LogP contribution >= 0.6 is 22.6 Å².